The fourth-order valence-electron chi connectivity index (χ4n) is 4.14. The predicted molar refractivity (Wildman–Crippen MR) is 127 cm³/mol. The van der Waals surface area contributed by atoms with Crippen LogP contribution < -0.4 is 19.7 Å². The van der Waals surface area contributed by atoms with E-state index in [1.807, 2.05) is 32.0 Å². The Kier molecular flexibility index (Phi) is 7.17. The van der Waals surface area contributed by atoms with E-state index in [0.717, 1.165) is 24.0 Å². The summed E-state index contributed by atoms with van der Waals surface area (Å²) in [6, 6.07) is 9.93. The summed E-state index contributed by atoms with van der Waals surface area (Å²) >= 11 is 0. The van der Waals surface area contributed by atoms with E-state index in [1.165, 1.54) is 4.90 Å². The monoisotopic (exact) mass is 466 g/mol. The second kappa shape index (κ2) is 10.3. The van der Waals surface area contributed by atoms with Crippen LogP contribution in [0.2, 0.25) is 0 Å². The zero-order valence-electron chi connectivity index (χ0n) is 19.8. The molecule has 2 aliphatic heterocycles. The Labute approximate surface area is 199 Å². The maximum atomic E-state index is 12.9. The number of carbonyl (C=O) groups excluding carboxylic acids is 3. The van der Waals surface area contributed by atoms with Crippen LogP contribution in [0.25, 0.3) is 0 Å². The SMILES string of the molecule is Cc1ccc(C)c(OCC(=O)c2ccc3c(c2)N([C@H](C)C(=O)NC[C@H]2CCCO2)C(=O)CO3)c1. The van der Waals surface area contributed by atoms with Gasteiger partial charge in [-0.2, -0.15) is 0 Å². The van der Waals surface area contributed by atoms with Gasteiger partial charge in [-0.3, -0.25) is 19.3 Å². The Morgan fingerprint density at radius 1 is 1.21 bits per heavy atom. The standard InChI is InChI=1S/C26H30N2O6/c1-16-6-7-17(2)24(11-16)33-14-22(29)19-8-9-23-21(12-19)28(25(30)15-34-23)18(3)26(31)27-13-20-5-4-10-32-20/h6-9,11-12,18,20H,4-5,10,13-15H2,1-3H3,(H,27,31)/t18-,20-/m1/s1. The number of nitrogens with zero attached hydrogens (tertiary/aromatic N) is 1. The van der Waals surface area contributed by atoms with Crippen molar-refractivity contribution in [3.8, 4) is 11.5 Å². The Morgan fingerprint density at radius 2 is 2.03 bits per heavy atom. The number of hydrogen-bond acceptors (Lipinski definition) is 6. The van der Waals surface area contributed by atoms with Gasteiger partial charge in [0.2, 0.25) is 5.91 Å². The van der Waals surface area contributed by atoms with Gasteiger partial charge in [-0.05, 0) is 69.0 Å². The highest BCUT2D eigenvalue weighted by Crippen LogP contribution is 2.34. The van der Waals surface area contributed by atoms with Gasteiger partial charge in [0.1, 0.15) is 17.5 Å². The topological polar surface area (TPSA) is 94.2 Å². The zero-order chi connectivity index (χ0) is 24.2. The third kappa shape index (κ3) is 5.22. The van der Waals surface area contributed by atoms with Gasteiger partial charge in [0.15, 0.2) is 19.0 Å². The maximum absolute atomic E-state index is 12.9. The van der Waals surface area contributed by atoms with Crippen molar-refractivity contribution in [1.82, 2.24) is 5.32 Å². The number of benzene rings is 2. The molecule has 34 heavy (non-hydrogen) atoms. The molecule has 0 unspecified atom stereocenters. The van der Waals surface area contributed by atoms with Crippen molar-refractivity contribution in [2.24, 2.45) is 0 Å². The quantitative estimate of drug-likeness (QED) is 0.601. The van der Waals surface area contributed by atoms with Crippen LogP contribution in [0.15, 0.2) is 36.4 Å². The van der Waals surface area contributed by atoms with Crippen LogP contribution in [0.5, 0.6) is 11.5 Å². The van der Waals surface area contributed by atoms with Crippen LogP contribution in [0.1, 0.15) is 41.3 Å². The average Bonchev–Trinajstić information content (AvgIpc) is 3.35. The molecule has 4 rings (SSSR count). The molecule has 0 saturated carbocycles. The molecule has 0 aromatic heterocycles. The molecular weight excluding hydrogens is 436 g/mol. The molecular formula is C26H30N2O6. The van der Waals surface area contributed by atoms with Crippen LogP contribution in [0.3, 0.4) is 0 Å². The third-order valence-electron chi connectivity index (χ3n) is 6.16. The molecule has 0 aliphatic carbocycles. The lowest BCUT2D eigenvalue weighted by Gasteiger charge is -2.33. The molecule has 2 heterocycles. The van der Waals surface area contributed by atoms with Crippen LogP contribution >= 0.6 is 0 Å². The highest BCUT2D eigenvalue weighted by atomic mass is 16.5. The minimum Gasteiger partial charge on any atom is -0.485 e. The van der Waals surface area contributed by atoms with E-state index >= 15 is 0 Å². The second-order valence-electron chi connectivity index (χ2n) is 8.77. The lowest BCUT2D eigenvalue weighted by Crippen LogP contribution is -2.52. The first-order valence-corrected chi connectivity index (χ1v) is 11.5. The first-order valence-electron chi connectivity index (χ1n) is 11.5. The Bertz CT molecular complexity index is 1090. The van der Waals surface area contributed by atoms with Crippen molar-refractivity contribution < 1.29 is 28.6 Å². The normalized spacial score (nSPS) is 18.1. The van der Waals surface area contributed by atoms with E-state index in [0.29, 0.717) is 35.9 Å². The molecule has 2 atom stereocenters. The molecule has 1 fully saturated rings. The van der Waals surface area contributed by atoms with Gasteiger partial charge in [0, 0.05) is 18.7 Å². The van der Waals surface area contributed by atoms with Gasteiger partial charge < -0.3 is 19.5 Å². The van der Waals surface area contributed by atoms with E-state index in [9.17, 15) is 14.4 Å². The van der Waals surface area contributed by atoms with E-state index in [2.05, 4.69) is 5.32 Å². The molecule has 180 valence electrons. The molecule has 0 bridgehead atoms. The number of ketones is 1. The number of anilines is 1. The number of nitrogens with one attached hydrogen (secondary N) is 1. The summed E-state index contributed by atoms with van der Waals surface area (Å²) in [6.07, 6.45) is 1.89. The van der Waals surface area contributed by atoms with Crippen LogP contribution in [0.4, 0.5) is 5.69 Å². The lowest BCUT2D eigenvalue weighted by atomic mass is 10.1. The fraction of sp³-hybridized carbons (Fsp3) is 0.423. The fourth-order valence-corrected chi connectivity index (χ4v) is 4.14. The Balaban J connectivity index is 1.48. The number of aryl methyl sites for hydroxylation is 2. The zero-order valence-corrected chi connectivity index (χ0v) is 19.8. The average molecular weight is 467 g/mol. The van der Waals surface area contributed by atoms with Gasteiger partial charge in [-0.25, -0.2) is 0 Å². The molecule has 2 aromatic carbocycles. The smallest absolute Gasteiger partial charge is 0.265 e. The molecule has 8 heteroatoms. The maximum Gasteiger partial charge on any atom is 0.265 e. The van der Waals surface area contributed by atoms with Crippen molar-refractivity contribution in [3.05, 3.63) is 53.1 Å². The largest absolute Gasteiger partial charge is 0.485 e. The number of ether oxygens (including phenoxy) is 3. The van der Waals surface area contributed by atoms with E-state index < -0.39 is 6.04 Å². The summed E-state index contributed by atoms with van der Waals surface area (Å²) in [5.41, 5.74) is 2.75. The van der Waals surface area contributed by atoms with Gasteiger partial charge in [0.05, 0.1) is 11.8 Å². The molecule has 1 saturated heterocycles. The van der Waals surface area contributed by atoms with E-state index in [4.69, 9.17) is 14.2 Å². The van der Waals surface area contributed by atoms with Crippen LogP contribution in [-0.2, 0) is 14.3 Å². The minimum absolute atomic E-state index is 0.00471. The van der Waals surface area contributed by atoms with Gasteiger partial charge >= 0.3 is 0 Å². The summed E-state index contributed by atoms with van der Waals surface area (Å²) in [5.74, 6) is 0.237. The predicted octanol–water partition coefficient (Wildman–Crippen LogP) is 2.97. The van der Waals surface area contributed by atoms with Crippen LogP contribution in [0, 0.1) is 13.8 Å². The molecule has 2 aliphatic rings. The number of Topliss-reactive ketones (excluding diaryl/α,β-unsaturated/α-hetero) is 1. The van der Waals surface area contributed by atoms with Crippen LogP contribution in [-0.4, -0.2) is 56.1 Å². The van der Waals surface area contributed by atoms with Gasteiger partial charge in [-0.1, -0.05) is 12.1 Å². The highest BCUT2D eigenvalue weighted by molar-refractivity contribution is 6.05. The molecule has 1 N–H and O–H groups in total. The van der Waals surface area contributed by atoms with Gasteiger partial charge in [-0.15, -0.1) is 0 Å². The van der Waals surface area contributed by atoms with E-state index in [-0.39, 0.29) is 36.9 Å². The third-order valence-corrected chi connectivity index (χ3v) is 6.16. The Morgan fingerprint density at radius 3 is 2.79 bits per heavy atom. The molecule has 0 radical (unpaired) electrons. The van der Waals surface area contributed by atoms with E-state index in [1.54, 1.807) is 25.1 Å². The van der Waals surface area contributed by atoms with Crippen molar-refractivity contribution in [1.29, 1.82) is 0 Å². The second-order valence-corrected chi connectivity index (χ2v) is 8.77. The first kappa shape index (κ1) is 23.8. The molecule has 8 nitrogen and oxygen atoms in total. The number of hydrogen-bond donors (Lipinski definition) is 1. The summed E-state index contributed by atoms with van der Waals surface area (Å²) in [4.78, 5) is 39.8. The summed E-state index contributed by atoms with van der Waals surface area (Å²) in [5, 5.41) is 2.87. The number of amides is 2. The highest BCUT2D eigenvalue weighted by Gasteiger charge is 2.34. The van der Waals surface area contributed by atoms with Gasteiger partial charge in [0.25, 0.3) is 5.91 Å². The Hall–Kier alpha value is -3.39. The molecule has 2 aromatic rings. The van der Waals surface area contributed by atoms with Crippen molar-refractivity contribution in [3.63, 3.8) is 0 Å². The first-order chi connectivity index (χ1) is 16.3. The molecule has 0 spiro atoms. The lowest BCUT2D eigenvalue weighted by molar-refractivity contribution is -0.127. The number of carbonyl (C=O) groups is 3. The summed E-state index contributed by atoms with van der Waals surface area (Å²) < 4.78 is 16.9. The summed E-state index contributed by atoms with van der Waals surface area (Å²) in [6.45, 7) is 6.34. The minimum atomic E-state index is -0.770. The van der Waals surface area contributed by atoms with Crippen molar-refractivity contribution in [2.45, 2.75) is 45.8 Å². The summed E-state index contributed by atoms with van der Waals surface area (Å²) in [7, 11) is 0. The van der Waals surface area contributed by atoms with Crippen molar-refractivity contribution in [2.75, 3.05) is 31.3 Å². The number of fused-ring (bicyclic) bond motifs is 1. The van der Waals surface area contributed by atoms with Crippen molar-refractivity contribution >= 4 is 23.3 Å². The molecule has 2 amide bonds. The number of rotatable bonds is 8.